The van der Waals surface area contributed by atoms with E-state index in [1.807, 2.05) is 0 Å². The van der Waals surface area contributed by atoms with Crippen LogP contribution in [0.1, 0.15) is 70.9 Å². The number of benzene rings is 1. The molecule has 114 valence electrons. The molecule has 0 aliphatic rings. The Kier molecular flexibility index (Phi) is 9.21. The first-order chi connectivity index (χ1) is 9.63. The van der Waals surface area contributed by atoms with Crippen LogP contribution in [0.25, 0.3) is 0 Å². The highest BCUT2D eigenvalue weighted by Gasteiger charge is 2.08. The van der Waals surface area contributed by atoms with Crippen molar-refractivity contribution in [2.24, 2.45) is 5.92 Å². The van der Waals surface area contributed by atoms with Crippen LogP contribution in [0.5, 0.6) is 0 Å². The second kappa shape index (κ2) is 10.4. The maximum Gasteiger partial charge on any atom is 0.0318 e. The van der Waals surface area contributed by atoms with Crippen LogP contribution in [0.2, 0.25) is 0 Å². The topological polar surface area (TPSA) is 12.0 Å². The molecule has 0 aliphatic heterocycles. The highest BCUT2D eigenvalue weighted by Crippen LogP contribution is 2.20. The summed E-state index contributed by atoms with van der Waals surface area (Å²) in [6.07, 6.45) is 7.94. The van der Waals surface area contributed by atoms with Gasteiger partial charge < -0.3 is 5.32 Å². The molecule has 0 saturated heterocycles. The molecule has 0 bridgehead atoms. The zero-order chi connectivity index (χ0) is 14.8. The van der Waals surface area contributed by atoms with E-state index in [2.05, 4.69) is 66.3 Å². The average molecular weight is 340 g/mol. The number of hydrogen-bond acceptors (Lipinski definition) is 1. The number of halogens is 1. The maximum atomic E-state index is 3.69. The van der Waals surface area contributed by atoms with Gasteiger partial charge in [0.05, 0.1) is 0 Å². The lowest BCUT2D eigenvalue weighted by Gasteiger charge is -2.17. The molecule has 0 fully saturated rings. The van der Waals surface area contributed by atoms with Gasteiger partial charge in [0.1, 0.15) is 0 Å². The van der Waals surface area contributed by atoms with E-state index < -0.39 is 0 Å². The lowest BCUT2D eigenvalue weighted by molar-refractivity contribution is 0.480. The quantitative estimate of drug-likeness (QED) is 0.508. The molecule has 1 atom stereocenters. The molecule has 0 spiro atoms. The zero-order valence-corrected chi connectivity index (χ0v) is 14.9. The Morgan fingerprint density at radius 3 is 2.50 bits per heavy atom. The fraction of sp³-hybridized carbons (Fsp3) is 0.667. The van der Waals surface area contributed by atoms with E-state index in [0.29, 0.717) is 6.04 Å². The lowest BCUT2D eigenvalue weighted by Crippen LogP contribution is -2.21. The van der Waals surface area contributed by atoms with Gasteiger partial charge in [0, 0.05) is 10.5 Å². The molecule has 1 rings (SSSR count). The van der Waals surface area contributed by atoms with Gasteiger partial charge in [-0.25, -0.2) is 0 Å². The Bertz CT molecular complexity index is 362. The minimum absolute atomic E-state index is 0.489. The summed E-state index contributed by atoms with van der Waals surface area (Å²) in [6, 6.07) is 9.14. The highest BCUT2D eigenvalue weighted by atomic mass is 79.9. The van der Waals surface area contributed by atoms with Crippen LogP contribution in [0, 0.1) is 5.92 Å². The van der Waals surface area contributed by atoms with Gasteiger partial charge in [-0.05, 0) is 43.0 Å². The summed E-state index contributed by atoms with van der Waals surface area (Å²) in [5, 5.41) is 3.69. The monoisotopic (exact) mass is 339 g/mol. The Balaban J connectivity index is 2.19. The van der Waals surface area contributed by atoms with Crippen LogP contribution in [0.15, 0.2) is 28.7 Å². The average Bonchev–Trinajstić information content (AvgIpc) is 2.41. The second-order valence-electron chi connectivity index (χ2n) is 6.07. The van der Waals surface area contributed by atoms with Gasteiger partial charge in [-0.15, -0.1) is 0 Å². The number of hydrogen-bond donors (Lipinski definition) is 1. The predicted molar refractivity (Wildman–Crippen MR) is 93.1 cm³/mol. The van der Waals surface area contributed by atoms with Gasteiger partial charge in [-0.1, -0.05) is 74.5 Å². The Hall–Kier alpha value is -0.340. The first kappa shape index (κ1) is 17.7. The molecule has 0 saturated carbocycles. The summed E-state index contributed by atoms with van der Waals surface area (Å²) in [5.41, 5.74) is 1.39. The Morgan fingerprint density at radius 1 is 1.10 bits per heavy atom. The van der Waals surface area contributed by atoms with E-state index in [4.69, 9.17) is 0 Å². The van der Waals surface area contributed by atoms with E-state index >= 15 is 0 Å². The van der Waals surface area contributed by atoms with Crippen LogP contribution in [-0.4, -0.2) is 6.54 Å². The summed E-state index contributed by atoms with van der Waals surface area (Å²) in [5.74, 6) is 0.856. The molecular weight excluding hydrogens is 310 g/mol. The molecule has 1 aromatic carbocycles. The molecule has 1 nitrogen and oxygen atoms in total. The molecule has 1 aromatic rings. The standard InChI is InChI=1S/C18H30BrN/c1-4-18(16-11-9-12-17(19)14-16)20-13-8-6-5-7-10-15(2)3/h9,11-12,14-15,18,20H,4-8,10,13H2,1-3H3. The molecule has 20 heavy (non-hydrogen) atoms. The summed E-state index contributed by atoms with van der Waals surface area (Å²) in [4.78, 5) is 0. The third-order valence-electron chi connectivity index (χ3n) is 3.76. The third-order valence-corrected chi connectivity index (χ3v) is 4.25. The van der Waals surface area contributed by atoms with Crippen LogP contribution in [0.4, 0.5) is 0 Å². The summed E-state index contributed by atoms with van der Waals surface area (Å²) in [6.45, 7) is 8.00. The van der Waals surface area contributed by atoms with Crippen molar-refractivity contribution in [1.82, 2.24) is 5.32 Å². The molecule has 0 radical (unpaired) electrons. The molecule has 0 heterocycles. The summed E-state index contributed by atoms with van der Waals surface area (Å²) >= 11 is 3.55. The van der Waals surface area contributed by atoms with Crippen LogP contribution in [-0.2, 0) is 0 Å². The Morgan fingerprint density at radius 2 is 1.85 bits per heavy atom. The van der Waals surface area contributed by atoms with Crippen molar-refractivity contribution in [2.45, 2.75) is 65.3 Å². The van der Waals surface area contributed by atoms with E-state index in [-0.39, 0.29) is 0 Å². The summed E-state index contributed by atoms with van der Waals surface area (Å²) in [7, 11) is 0. The van der Waals surface area contributed by atoms with Gasteiger partial charge in [0.15, 0.2) is 0 Å². The van der Waals surface area contributed by atoms with Gasteiger partial charge in [0.2, 0.25) is 0 Å². The fourth-order valence-corrected chi connectivity index (χ4v) is 2.95. The minimum Gasteiger partial charge on any atom is -0.310 e. The smallest absolute Gasteiger partial charge is 0.0318 e. The van der Waals surface area contributed by atoms with E-state index in [1.54, 1.807) is 0 Å². The first-order valence-corrected chi connectivity index (χ1v) is 8.91. The minimum atomic E-state index is 0.489. The molecule has 1 unspecified atom stereocenters. The SMILES string of the molecule is CCC(NCCCCCCC(C)C)c1cccc(Br)c1. The number of rotatable bonds is 10. The second-order valence-corrected chi connectivity index (χ2v) is 6.98. The van der Waals surface area contributed by atoms with Gasteiger partial charge in [-0.3, -0.25) is 0 Å². The normalized spacial score (nSPS) is 12.8. The molecule has 0 aromatic heterocycles. The van der Waals surface area contributed by atoms with Gasteiger partial charge >= 0.3 is 0 Å². The molecule has 0 amide bonds. The van der Waals surface area contributed by atoms with Crippen molar-refractivity contribution in [3.63, 3.8) is 0 Å². The maximum absolute atomic E-state index is 3.69. The lowest BCUT2D eigenvalue weighted by atomic mass is 10.0. The van der Waals surface area contributed by atoms with Crippen LogP contribution >= 0.6 is 15.9 Å². The zero-order valence-electron chi connectivity index (χ0n) is 13.3. The third kappa shape index (κ3) is 7.44. The van der Waals surface area contributed by atoms with Gasteiger partial charge in [-0.2, -0.15) is 0 Å². The van der Waals surface area contributed by atoms with E-state index in [0.717, 1.165) is 18.9 Å². The largest absolute Gasteiger partial charge is 0.310 e. The van der Waals surface area contributed by atoms with E-state index in [9.17, 15) is 0 Å². The molecule has 1 N–H and O–H groups in total. The van der Waals surface area contributed by atoms with E-state index in [1.165, 1.54) is 42.1 Å². The molecule has 2 heteroatoms. The van der Waals surface area contributed by atoms with Crippen molar-refractivity contribution < 1.29 is 0 Å². The van der Waals surface area contributed by atoms with Crippen LogP contribution in [0.3, 0.4) is 0 Å². The van der Waals surface area contributed by atoms with Crippen molar-refractivity contribution in [3.8, 4) is 0 Å². The number of unbranched alkanes of at least 4 members (excludes halogenated alkanes) is 3. The van der Waals surface area contributed by atoms with Crippen molar-refractivity contribution in [3.05, 3.63) is 34.3 Å². The fourth-order valence-electron chi connectivity index (χ4n) is 2.53. The predicted octanol–water partition coefficient (Wildman–Crippen LogP) is 6.10. The highest BCUT2D eigenvalue weighted by molar-refractivity contribution is 9.10. The van der Waals surface area contributed by atoms with Crippen molar-refractivity contribution >= 4 is 15.9 Å². The molecule has 0 aliphatic carbocycles. The van der Waals surface area contributed by atoms with Crippen molar-refractivity contribution in [1.29, 1.82) is 0 Å². The van der Waals surface area contributed by atoms with Gasteiger partial charge in [0.25, 0.3) is 0 Å². The Labute approximate surface area is 133 Å². The van der Waals surface area contributed by atoms with Crippen molar-refractivity contribution in [2.75, 3.05) is 6.54 Å². The first-order valence-electron chi connectivity index (χ1n) is 8.12. The molecular formula is C18H30BrN. The summed E-state index contributed by atoms with van der Waals surface area (Å²) < 4.78 is 1.17. The van der Waals surface area contributed by atoms with Crippen LogP contribution < -0.4 is 5.32 Å². The number of nitrogens with one attached hydrogen (secondary N) is 1.